The molecule has 0 unspecified atom stereocenters. The molecule has 2 aromatic carbocycles. The highest BCUT2D eigenvalue weighted by atomic mass is 35.5. The molecule has 1 aliphatic carbocycles. The fourth-order valence-corrected chi connectivity index (χ4v) is 6.20. The molecule has 1 aliphatic rings. The number of nitrogens with one attached hydrogen (secondary N) is 1. The van der Waals surface area contributed by atoms with E-state index in [-0.39, 0.29) is 48.0 Å². The van der Waals surface area contributed by atoms with Gasteiger partial charge < -0.3 is 10.2 Å². The van der Waals surface area contributed by atoms with Crippen molar-refractivity contribution < 1.29 is 18.0 Å². The van der Waals surface area contributed by atoms with Crippen LogP contribution in [0.15, 0.2) is 48.5 Å². The molecule has 10 heteroatoms. The van der Waals surface area contributed by atoms with E-state index in [1.165, 1.54) is 16.8 Å². The summed E-state index contributed by atoms with van der Waals surface area (Å²) in [5.41, 5.74) is 1.35. The van der Waals surface area contributed by atoms with Crippen LogP contribution < -0.4 is 9.62 Å². The third-order valence-corrected chi connectivity index (χ3v) is 8.67. The third kappa shape index (κ3) is 8.89. The summed E-state index contributed by atoms with van der Waals surface area (Å²) in [4.78, 5) is 28.2. The summed E-state index contributed by atoms with van der Waals surface area (Å²) in [6.45, 7) is 2.20. The lowest BCUT2D eigenvalue weighted by molar-refractivity contribution is -0.140. The minimum absolute atomic E-state index is 0.0554. The molecule has 2 aromatic rings. The van der Waals surface area contributed by atoms with Crippen LogP contribution in [0.3, 0.4) is 0 Å². The molecule has 1 atom stereocenters. The van der Waals surface area contributed by atoms with E-state index in [1.54, 1.807) is 24.0 Å². The highest BCUT2D eigenvalue weighted by molar-refractivity contribution is 7.92. The Kier molecular flexibility index (Phi) is 11.3. The van der Waals surface area contributed by atoms with Gasteiger partial charge in [0.15, 0.2) is 0 Å². The van der Waals surface area contributed by atoms with Gasteiger partial charge in [-0.15, -0.1) is 0 Å². The van der Waals surface area contributed by atoms with E-state index in [4.69, 9.17) is 23.2 Å². The van der Waals surface area contributed by atoms with Gasteiger partial charge in [-0.1, -0.05) is 72.8 Å². The topological polar surface area (TPSA) is 86.8 Å². The fourth-order valence-electron chi connectivity index (χ4n) is 4.80. The first-order valence-corrected chi connectivity index (χ1v) is 15.7. The van der Waals surface area contributed by atoms with Gasteiger partial charge in [-0.05, 0) is 56.4 Å². The highest BCUT2D eigenvalue weighted by Gasteiger charge is 2.28. The molecule has 0 aliphatic heterocycles. The zero-order valence-electron chi connectivity index (χ0n) is 22.0. The maximum absolute atomic E-state index is 13.4. The van der Waals surface area contributed by atoms with Crippen molar-refractivity contribution in [3.8, 4) is 0 Å². The second kappa shape index (κ2) is 14.2. The maximum atomic E-state index is 13.4. The summed E-state index contributed by atoms with van der Waals surface area (Å²) in [6.07, 6.45) is 7.36. The first-order valence-electron chi connectivity index (χ1n) is 13.1. The van der Waals surface area contributed by atoms with Gasteiger partial charge in [0.1, 0.15) is 6.04 Å². The second-order valence-electron chi connectivity index (χ2n) is 9.88. The summed E-state index contributed by atoms with van der Waals surface area (Å²) < 4.78 is 26.2. The lowest BCUT2D eigenvalue weighted by Gasteiger charge is -2.31. The number of carbonyl (C=O) groups excluding carboxylic acids is 2. The van der Waals surface area contributed by atoms with Crippen LogP contribution in [0.4, 0.5) is 5.69 Å². The van der Waals surface area contributed by atoms with Crippen molar-refractivity contribution in [2.45, 2.75) is 70.4 Å². The smallest absolute Gasteiger partial charge is 0.242 e. The Labute approximate surface area is 236 Å². The first kappa shape index (κ1) is 30.3. The Hall–Kier alpha value is -2.29. The summed E-state index contributed by atoms with van der Waals surface area (Å²) in [7, 11) is -3.67. The molecule has 38 heavy (non-hydrogen) atoms. The summed E-state index contributed by atoms with van der Waals surface area (Å²) in [5, 5.41) is 3.75. The van der Waals surface area contributed by atoms with E-state index in [9.17, 15) is 18.0 Å². The van der Waals surface area contributed by atoms with Gasteiger partial charge in [0.05, 0.1) is 17.0 Å². The molecule has 1 saturated carbocycles. The van der Waals surface area contributed by atoms with E-state index < -0.39 is 16.1 Å². The maximum Gasteiger partial charge on any atom is 0.242 e. The molecule has 7 nitrogen and oxygen atoms in total. The number of halogens is 2. The van der Waals surface area contributed by atoms with E-state index in [0.717, 1.165) is 37.5 Å². The standard InChI is InChI=1S/C28H37Cl2N3O4S/c1-21(28(35)31-24-12-7-4-8-13-24)32(19-17-22-10-5-3-6-11-22)27(34)14-9-18-33(38(2,36)37)26-20-23(29)15-16-25(26)30/h3,5-6,10-11,15-16,20-21,24H,4,7-9,12-14,17-19H2,1-2H3,(H,31,35)/t21-/m1/s1. The quantitative estimate of drug-likeness (QED) is 0.361. The van der Waals surface area contributed by atoms with Crippen molar-refractivity contribution in [2.24, 2.45) is 0 Å². The molecule has 208 valence electrons. The van der Waals surface area contributed by atoms with Gasteiger partial charge in [0.2, 0.25) is 21.8 Å². The number of nitrogens with zero attached hydrogens (tertiary/aromatic N) is 2. The first-order chi connectivity index (χ1) is 18.1. The largest absolute Gasteiger partial charge is 0.352 e. The number of carbonyl (C=O) groups is 2. The minimum Gasteiger partial charge on any atom is -0.352 e. The molecule has 1 fully saturated rings. The van der Waals surface area contributed by atoms with Crippen molar-refractivity contribution in [3.05, 3.63) is 64.1 Å². The van der Waals surface area contributed by atoms with E-state index in [1.807, 2.05) is 30.3 Å². The molecule has 0 aromatic heterocycles. The van der Waals surface area contributed by atoms with Crippen molar-refractivity contribution in [1.82, 2.24) is 10.2 Å². The number of benzene rings is 2. The van der Waals surface area contributed by atoms with Gasteiger partial charge in [-0.2, -0.15) is 0 Å². The number of hydrogen-bond acceptors (Lipinski definition) is 4. The average molecular weight is 583 g/mol. The summed E-state index contributed by atoms with van der Waals surface area (Å²) in [5.74, 6) is -0.348. The van der Waals surface area contributed by atoms with Gasteiger partial charge in [-0.3, -0.25) is 13.9 Å². The SMILES string of the molecule is C[C@H](C(=O)NC1CCCCC1)N(CCc1ccccc1)C(=O)CCCN(c1cc(Cl)ccc1Cl)S(C)(=O)=O. The predicted molar refractivity (Wildman–Crippen MR) is 154 cm³/mol. The van der Waals surface area contributed by atoms with Gasteiger partial charge in [-0.25, -0.2) is 8.42 Å². The normalized spacial score (nSPS) is 15.1. The lowest BCUT2D eigenvalue weighted by Crippen LogP contribution is -2.51. The second-order valence-corrected chi connectivity index (χ2v) is 12.6. The van der Waals surface area contributed by atoms with Crippen molar-refractivity contribution in [2.75, 3.05) is 23.7 Å². The Morgan fingerprint density at radius 1 is 1.03 bits per heavy atom. The monoisotopic (exact) mass is 581 g/mol. The van der Waals surface area contributed by atoms with Gasteiger partial charge >= 0.3 is 0 Å². The van der Waals surface area contributed by atoms with Crippen molar-refractivity contribution in [1.29, 1.82) is 0 Å². The van der Waals surface area contributed by atoms with E-state index in [2.05, 4.69) is 5.32 Å². The molecule has 2 amide bonds. The molecule has 0 heterocycles. The summed E-state index contributed by atoms with van der Waals surface area (Å²) in [6, 6.07) is 14.0. The molecule has 3 rings (SSSR count). The number of rotatable bonds is 12. The molecule has 0 saturated heterocycles. The average Bonchev–Trinajstić information content (AvgIpc) is 2.88. The molecular formula is C28H37Cl2N3O4S. The van der Waals surface area contributed by atoms with Gasteiger partial charge in [0.25, 0.3) is 0 Å². The number of amides is 2. The van der Waals surface area contributed by atoms with Gasteiger partial charge in [0, 0.05) is 30.6 Å². The van der Waals surface area contributed by atoms with E-state index in [0.29, 0.717) is 18.0 Å². The van der Waals surface area contributed by atoms with Crippen LogP contribution in [0.25, 0.3) is 0 Å². The number of sulfonamides is 1. The Morgan fingerprint density at radius 3 is 2.37 bits per heavy atom. The van der Waals surface area contributed by atoms with E-state index >= 15 is 0 Å². The fraction of sp³-hybridized carbons (Fsp3) is 0.500. The Bertz CT molecular complexity index is 1190. The lowest BCUT2D eigenvalue weighted by atomic mass is 9.95. The molecule has 1 N–H and O–H groups in total. The molecular weight excluding hydrogens is 545 g/mol. The molecule has 0 spiro atoms. The Balaban J connectivity index is 1.69. The zero-order chi connectivity index (χ0) is 27.7. The predicted octanol–water partition coefficient (Wildman–Crippen LogP) is 5.45. The molecule has 0 bridgehead atoms. The zero-order valence-corrected chi connectivity index (χ0v) is 24.4. The number of hydrogen-bond donors (Lipinski definition) is 1. The van der Waals surface area contributed by atoms with Crippen LogP contribution in [0.2, 0.25) is 10.0 Å². The van der Waals surface area contributed by atoms with Crippen molar-refractivity contribution >= 4 is 50.7 Å². The van der Waals surface area contributed by atoms with Crippen LogP contribution in [-0.2, 0) is 26.0 Å². The van der Waals surface area contributed by atoms with Crippen LogP contribution in [0, 0.1) is 0 Å². The highest BCUT2D eigenvalue weighted by Crippen LogP contribution is 2.31. The Morgan fingerprint density at radius 2 is 1.71 bits per heavy atom. The minimum atomic E-state index is -3.67. The number of anilines is 1. The van der Waals surface area contributed by atoms with Crippen LogP contribution in [0.1, 0.15) is 57.4 Å². The van der Waals surface area contributed by atoms with Crippen LogP contribution in [-0.4, -0.2) is 56.6 Å². The molecule has 0 radical (unpaired) electrons. The van der Waals surface area contributed by atoms with Crippen LogP contribution >= 0.6 is 23.2 Å². The van der Waals surface area contributed by atoms with Crippen LogP contribution in [0.5, 0.6) is 0 Å². The van der Waals surface area contributed by atoms with Crippen molar-refractivity contribution in [3.63, 3.8) is 0 Å². The summed E-state index contributed by atoms with van der Waals surface area (Å²) >= 11 is 12.3. The third-order valence-electron chi connectivity index (χ3n) is 6.93.